The molecule has 0 aliphatic rings. The lowest BCUT2D eigenvalue weighted by Crippen LogP contribution is -2.28. The van der Waals surface area contributed by atoms with E-state index >= 15 is 0 Å². The topological polar surface area (TPSA) is 51.5 Å². The van der Waals surface area contributed by atoms with E-state index in [4.69, 9.17) is 10.5 Å². The van der Waals surface area contributed by atoms with Crippen molar-refractivity contribution in [3.63, 3.8) is 0 Å². The van der Waals surface area contributed by atoms with Crippen LogP contribution in [0.1, 0.15) is 5.56 Å². The number of pyridine rings is 1. The van der Waals surface area contributed by atoms with Gasteiger partial charge in [0.05, 0.1) is 5.39 Å². The van der Waals surface area contributed by atoms with Gasteiger partial charge in [-0.3, -0.25) is 0 Å². The summed E-state index contributed by atoms with van der Waals surface area (Å²) >= 11 is 0. The number of hydrogen-bond donors (Lipinski definition) is 0. The maximum Gasteiger partial charge on any atom is 0.673 e. The number of hydrogen-bond acceptors (Lipinski definition) is 2. The zero-order valence-corrected chi connectivity index (χ0v) is 11.5. The summed E-state index contributed by atoms with van der Waals surface area (Å²) < 4.78 is 41.0. The molecular weight excluding hydrogens is 297 g/mol. The number of halogens is 4. The molecule has 0 spiro atoms. The zero-order valence-electron chi connectivity index (χ0n) is 11.5. The molecule has 0 fully saturated rings. The highest BCUT2D eigenvalue weighted by Gasteiger charge is 2.20. The first-order valence-corrected chi connectivity index (χ1v) is 6.03. The Bertz CT molecular complexity index is 763. The Morgan fingerprint density at radius 2 is 1.64 bits per heavy atom. The van der Waals surface area contributed by atoms with E-state index in [2.05, 4.69) is 0 Å². The molecule has 3 nitrogen and oxygen atoms in total. The van der Waals surface area contributed by atoms with Gasteiger partial charge in [-0.05, 0) is 17.7 Å². The molecule has 0 saturated carbocycles. The number of allylic oxidation sites excluding steroid dienone is 1. The lowest BCUT2D eigenvalue weighted by atomic mass is 10.1. The summed E-state index contributed by atoms with van der Waals surface area (Å²) in [5, 5.41) is 18.6. The number of aryl methyl sites for hydroxylation is 1. The highest BCUT2D eigenvalue weighted by atomic mass is 19.5. The third-order valence-corrected chi connectivity index (χ3v) is 2.61. The van der Waals surface area contributed by atoms with Crippen molar-refractivity contribution < 1.29 is 21.8 Å². The van der Waals surface area contributed by atoms with Crippen molar-refractivity contribution in [3.05, 3.63) is 47.7 Å². The predicted octanol–water partition coefficient (Wildman–Crippen LogP) is 3.39. The van der Waals surface area contributed by atoms with Gasteiger partial charge in [0.1, 0.15) is 24.8 Å². The largest absolute Gasteiger partial charge is 0.673 e. The van der Waals surface area contributed by atoms with Gasteiger partial charge in [0.2, 0.25) is 5.52 Å². The molecule has 1 heterocycles. The molecule has 0 saturated heterocycles. The number of fused-ring (bicyclic) bond motifs is 1. The van der Waals surface area contributed by atoms with E-state index in [1.54, 1.807) is 6.08 Å². The Labute approximate surface area is 124 Å². The van der Waals surface area contributed by atoms with Crippen LogP contribution in [-0.4, -0.2) is 7.25 Å². The van der Waals surface area contributed by atoms with Gasteiger partial charge in [0, 0.05) is 12.1 Å². The normalized spacial score (nSPS) is 9.95. The van der Waals surface area contributed by atoms with Crippen LogP contribution < -0.4 is 4.57 Å². The molecule has 1 aromatic carbocycles. The van der Waals surface area contributed by atoms with Crippen LogP contribution in [0.5, 0.6) is 0 Å². The number of aromatic nitrogens is 1. The lowest BCUT2D eigenvalue weighted by molar-refractivity contribution is -0.644. The maximum absolute atomic E-state index is 9.75. The number of rotatable bonds is 1. The number of para-hydroxylation sites is 1. The van der Waals surface area contributed by atoms with Crippen molar-refractivity contribution in [1.29, 1.82) is 10.5 Å². The molecule has 0 N–H and O–H groups in total. The molecule has 0 aliphatic heterocycles. The van der Waals surface area contributed by atoms with Crippen molar-refractivity contribution in [2.24, 2.45) is 7.05 Å². The van der Waals surface area contributed by atoms with Gasteiger partial charge < -0.3 is 17.3 Å². The average molecular weight is 307 g/mol. The predicted molar refractivity (Wildman–Crippen MR) is 74.5 cm³/mol. The van der Waals surface area contributed by atoms with Crippen LogP contribution in [0.2, 0.25) is 0 Å². The summed E-state index contributed by atoms with van der Waals surface area (Å²) in [5.74, 6) is 0. The van der Waals surface area contributed by atoms with Crippen molar-refractivity contribution >= 4 is 24.2 Å². The summed E-state index contributed by atoms with van der Waals surface area (Å²) in [6.07, 6.45) is 3.53. The second-order valence-corrected chi connectivity index (χ2v) is 4.18. The molecule has 0 aliphatic carbocycles. The number of nitrogens with zero attached hydrogens (tertiary/aromatic N) is 3. The average Bonchev–Trinajstić information content (AvgIpc) is 2.45. The van der Waals surface area contributed by atoms with Crippen LogP contribution in [0.3, 0.4) is 0 Å². The van der Waals surface area contributed by atoms with E-state index < -0.39 is 7.25 Å². The van der Waals surface area contributed by atoms with Crippen molar-refractivity contribution in [1.82, 2.24) is 0 Å². The minimum Gasteiger partial charge on any atom is -0.418 e. The first-order chi connectivity index (χ1) is 10.3. The fourth-order valence-corrected chi connectivity index (χ4v) is 1.76. The molecule has 2 aromatic rings. The summed E-state index contributed by atoms with van der Waals surface area (Å²) in [7, 11) is -4.04. The Kier molecular flexibility index (Phi) is 5.65. The second-order valence-electron chi connectivity index (χ2n) is 4.18. The zero-order chi connectivity index (χ0) is 16.8. The van der Waals surface area contributed by atoms with Gasteiger partial charge in [-0.25, -0.2) is 4.57 Å². The number of nitriles is 2. The maximum atomic E-state index is 9.75. The standard InChI is InChI=1S/C14H10N3.BF4/c1-17-7-6-12(8-11(9-15)10-16)13-4-2-3-5-14(13)17;2-1(3,4)5/h2-8H,1H3;/q+1;-1. The van der Waals surface area contributed by atoms with Crippen molar-refractivity contribution in [2.75, 3.05) is 0 Å². The molecule has 112 valence electrons. The monoisotopic (exact) mass is 307 g/mol. The molecular formula is C14H10BF4N3. The van der Waals surface area contributed by atoms with Crippen LogP contribution >= 0.6 is 0 Å². The Morgan fingerprint density at radius 3 is 2.18 bits per heavy atom. The third-order valence-electron chi connectivity index (χ3n) is 2.61. The van der Waals surface area contributed by atoms with Gasteiger partial charge >= 0.3 is 7.25 Å². The van der Waals surface area contributed by atoms with Crippen LogP contribution in [0.4, 0.5) is 17.3 Å². The lowest BCUT2D eigenvalue weighted by Gasteiger charge is -2.00. The third kappa shape index (κ3) is 5.26. The van der Waals surface area contributed by atoms with Gasteiger partial charge in [-0.15, -0.1) is 0 Å². The minimum atomic E-state index is -6.00. The Hall–Kier alpha value is -2.87. The van der Waals surface area contributed by atoms with E-state index in [1.807, 2.05) is 60.3 Å². The van der Waals surface area contributed by atoms with Crippen LogP contribution in [0, 0.1) is 22.7 Å². The van der Waals surface area contributed by atoms with Gasteiger partial charge in [-0.1, -0.05) is 12.1 Å². The van der Waals surface area contributed by atoms with Crippen LogP contribution in [0.15, 0.2) is 42.1 Å². The van der Waals surface area contributed by atoms with Crippen molar-refractivity contribution in [2.45, 2.75) is 0 Å². The molecule has 0 radical (unpaired) electrons. The highest BCUT2D eigenvalue weighted by molar-refractivity contribution is 6.50. The van der Waals surface area contributed by atoms with E-state index in [1.165, 1.54) is 0 Å². The molecule has 0 amide bonds. The quantitative estimate of drug-likeness (QED) is 0.351. The minimum absolute atomic E-state index is 0.115. The number of benzene rings is 1. The van der Waals surface area contributed by atoms with Gasteiger partial charge in [-0.2, -0.15) is 10.5 Å². The first kappa shape index (κ1) is 17.2. The van der Waals surface area contributed by atoms with E-state index in [9.17, 15) is 17.3 Å². The molecule has 8 heteroatoms. The summed E-state index contributed by atoms with van der Waals surface area (Å²) in [6.45, 7) is 0. The van der Waals surface area contributed by atoms with Gasteiger partial charge in [0.25, 0.3) is 0 Å². The smallest absolute Gasteiger partial charge is 0.418 e. The van der Waals surface area contributed by atoms with Crippen LogP contribution in [-0.2, 0) is 7.05 Å². The van der Waals surface area contributed by atoms with Gasteiger partial charge in [0.15, 0.2) is 6.20 Å². The Morgan fingerprint density at radius 1 is 1.09 bits per heavy atom. The van der Waals surface area contributed by atoms with E-state index in [0.717, 1.165) is 16.5 Å². The molecule has 0 unspecified atom stereocenters. The molecule has 2 rings (SSSR count). The van der Waals surface area contributed by atoms with E-state index in [0.29, 0.717) is 0 Å². The summed E-state index contributed by atoms with van der Waals surface area (Å²) in [5.41, 5.74) is 2.07. The summed E-state index contributed by atoms with van der Waals surface area (Å²) in [6, 6.07) is 13.5. The molecule has 0 bridgehead atoms. The summed E-state index contributed by atoms with van der Waals surface area (Å²) in [4.78, 5) is 0. The molecule has 22 heavy (non-hydrogen) atoms. The highest BCUT2D eigenvalue weighted by Crippen LogP contribution is 2.17. The van der Waals surface area contributed by atoms with Crippen LogP contribution in [0.25, 0.3) is 17.0 Å². The SMILES string of the molecule is C[n+]1ccc(C=C(C#N)C#N)c2ccccc21.F[B-](F)(F)F. The molecule has 1 aromatic heterocycles. The Balaban J connectivity index is 0.000000422. The first-order valence-electron chi connectivity index (χ1n) is 6.03. The fraction of sp³-hybridized carbons (Fsp3) is 0.0714. The molecule has 0 atom stereocenters. The van der Waals surface area contributed by atoms with Crippen molar-refractivity contribution in [3.8, 4) is 12.1 Å². The van der Waals surface area contributed by atoms with E-state index in [-0.39, 0.29) is 5.57 Å². The fourth-order valence-electron chi connectivity index (χ4n) is 1.76. The second kappa shape index (κ2) is 7.23.